The number of carboxylic acid groups (broad SMARTS) is 1. The van der Waals surface area contributed by atoms with Gasteiger partial charge >= 0.3 is 5.97 Å². The van der Waals surface area contributed by atoms with E-state index in [1.165, 1.54) is 12.1 Å². The molecule has 0 saturated heterocycles. The third-order valence-corrected chi connectivity index (χ3v) is 4.64. The van der Waals surface area contributed by atoms with Crippen molar-refractivity contribution >= 4 is 15.8 Å². The summed E-state index contributed by atoms with van der Waals surface area (Å²) in [5.41, 5.74) is 0.610. The lowest BCUT2D eigenvalue weighted by molar-refractivity contribution is 0.0696. The van der Waals surface area contributed by atoms with Crippen LogP contribution in [-0.4, -0.2) is 25.2 Å². The maximum atomic E-state index is 12.2. The van der Waals surface area contributed by atoms with Crippen molar-refractivity contribution in [2.45, 2.75) is 31.1 Å². The van der Waals surface area contributed by atoms with Crippen molar-refractivity contribution in [3.8, 4) is 12.3 Å². The minimum absolute atomic E-state index is 0.0206. The Balaban J connectivity index is 3.19. The van der Waals surface area contributed by atoms with E-state index in [0.29, 0.717) is 24.8 Å². The Morgan fingerprint density at radius 1 is 1.42 bits per heavy atom. The number of aryl methyl sites for hydroxylation is 1. The van der Waals surface area contributed by atoms with E-state index in [1.54, 1.807) is 6.07 Å². The smallest absolute Gasteiger partial charge is 0.335 e. The van der Waals surface area contributed by atoms with E-state index in [4.69, 9.17) is 11.5 Å². The summed E-state index contributed by atoms with van der Waals surface area (Å²) in [5.74, 6) is 1.19. The van der Waals surface area contributed by atoms with Gasteiger partial charge in [-0.25, -0.2) is 13.2 Å². The average molecular weight is 280 g/mol. The molecule has 19 heavy (non-hydrogen) atoms. The molecule has 0 aliphatic rings. The summed E-state index contributed by atoms with van der Waals surface area (Å²) in [4.78, 5) is 11.0. The molecule has 0 unspecified atom stereocenters. The van der Waals surface area contributed by atoms with Gasteiger partial charge in [0.15, 0.2) is 9.84 Å². The third kappa shape index (κ3) is 3.83. The van der Waals surface area contributed by atoms with E-state index < -0.39 is 15.8 Å². The van der Waals surface area contributed by atoms with Crippen LogP contribution in [0.4, 0.5) is 0 Å². The number of hydrogen-bond donors (Lipinski definition) is 1. The maximum absolute atomic E-state index is 12.2. The van der Waals surface area contributed by atoms with Crippen molar-refractivity contribution in [2.24, 2.45) is 0 Å². The number of unbranched alkanes of at least 4 members (excludes halogenated alkanes) is 1. The molecule has 0 spiro atoms. The number of terminal acetylenes is 1. The molecule has 4 nitrogen and oxygen atoms in total. The zero-order valence-electron chi connectivity index (χ0n) is 10.7. The monoisotopic (exact) mass is 280 g/mol. The first-order valence-electron chi connectivity index (χ1n) is 5.94. The molecule has 0 aliphatic heterocycles. The fourth-order valence-electron chi connectivity index (χ4n) is 1.74. The van der Waals surface area contributed by atoms with Crippen LogP contribution in [0.2, 0.25) is 0 Å². The fourth-order valence-corrected chi connectivity index (χ4v) is 3.41. The van der Waals surface area contributed by atoms with Crippen molar-refractivity contribution in [3.05, 3.63) is 29.3 Å². The summed E-state index contributed by atoms with van der Waals surface area (Å²) in [7, 11) is -3.49. The topological polar surface area (TPSA) is 71.4 Å². The molecule has 0 amide bonds. The molecule has 1 aromatic rings. The second kappa shape index (κ2) is 6.39. The Morgan fingerprint density at radius 3 is 2.63 bits per heavy atom. The van der Waals surface area contributed by atoms with Crippen molar-refractivity contribution in [2.75, 3.05) is 5.75 Å². The number of sulfone groups is 1. The van der Waals surface area contributed by atoms with E-state index in [-0.39, 0.29) is 16.2 Å². The molecule has 1 N–H and O–H groups in total. The summed E-state index contributed by atoms with van der Waals surface area (Å²) in [6.07, 6.45) is 6.39. The van der Waals surface area contributed by atoms with Gasteiger partial charge in [-0.2, -0.15) is 0 Å². The van der Waals surface area contributed by atoms with Crippen molar-refractivity contribution in [1.82, 2.24) is 0 Å². The van der Waals surface area contributed by atoms with Crippen LogP contribution in [-0.2, 0) is 16.3 Å². The predicted octanol–water partition coefficient (Wildman–Crippen LogP) is 2.13. The molecule has 0 bridgehead atoms. The molecule has 0 saturated carbocycles. The highest BCUT2D eigenvalue weighted by molar-refractivity contribution is 7.91. The largest absolute Gasteiger partial charge is 0.478 e. The van der Waals surface area contributed by atoms with Crippen molar-refractivity contribution in [1.29, 1.82) is 0 Å². The van der Waals surface area contributed by atoms with Crippen LogP contribution in [0, 0.1) is 12.3 Å². The van der Waals surface area contributed by atoms with E-state index in [1.807, 2.05) is 6.92 Å². The van der Waals surface area contributed by atoms with E-state index >= 15 is 0 Å². The number of carbonyl (C=O) groups is 1. The highest BCUT2D eigenvalue weighted by Gasteiger charge is 2.19. The van der Waals surface area contributed by atoms with Gasteiger partial charge in [-0.05, 0) is 30.5 Å². The number of aromatic carboxylic acids is 1. The predicted molar refractivity (Wildman–Crippen MR) is 72.9 cm³/mol. The summed E-state index contributed by atoms with van der Waals surface area (Å²) >= 11 is 0. The first-order valence-corrected chi connectivity index (χ1v) is 7.60. The van der Waals surface area contributed by atoms with Crippen molar-refractivity contribution in [3.63, 3.8) is 0 Å². The molecule has 0 radical (unpaired) electrons. The van der Waals surface area contributed by atoms with Crippen LogP contribution in [0.5, 0.6) is 0 Å². The summed E-state index contributed by atoms with van der Waals surface area (Å²) in [6.45, 7) is 1.83. The number of benzene rings is 1. The minimum atomic E-state index is -3.49. The molecule has 0 aromatic heterocycles. The quantitative estimate of drug-likeness (QED) is 0.640. The number of hydrogen-bond acceptors (Lipinski definition) is 3. The lowest BCUT2D eigenvalue weighted by atomic mass is 10.1. The Hall–Kier alpha value is -1.80. The third-order valence-electron chi connectivity index (χ3n) is 2.76. The van der Waals surface area contributed by atoms with Crippen LogP contribution >= 0.6 is 0 Å². The molecule has 5 heteroatoms. The van der Waals surface area contributed by atoms with E-state index in [0.717, 1.165) is 0 Å². The zero-order chi connectivity index (χ0) is 14.5. The molecule has 1 rings (SSSR count). The average Bonchev–Trinajstić information content (AvgIpc) is 2.38. The van der Waals surface area contributed by atoms with Crippen LogP contribution in [0.1, 0.15) is 35.7 Å². The normalized spacial score (nSPS) is 10.9. The molecule has 1 aromatic carbocycles. The van der Waals surface area contributed by atoms with Gasteiger partial charge in [0.25, 0.3) is 0 Å². The molecular formula is C14H16O4S. The van der Waals surface area contributed by atoms with Crippen LogP contribution in [0.25, 0.3) is 0 Å². The minimum Gasteiger partial charge on any atom is -0.478 e. The van der Waals surface area contributed by atoms with Gasteiger partial charge in [-0.15, -0.1) is 12.3 Å². The highest BCUT2D eigenvalue weighted by Crippen LogP contribution is 2.21. The van der Waals surface area contributed by atoms with Gasteiger partial charge in [0.1, 0.15) is 0 Å². The number of rotatable bonds is 6. The molecule has 0 fully saturated rings. The molecular weight excluding hydrogens is 264 g/mol. The summed E-state index contributed by atoms with van der Waals surface area (Å²) < 4.78 is 24.4. The first kappa shape index (κ1) is 15.3. The van der Waals surface area contributed by atoms with Gasteiger partial charge < -0.3 is 5.11 Å². The number of carboxylic acids is 1. The zero-order valence-corrected chi connectivity index (χ0v) is 11.5. The molecule has 0 heterocycles. The lowest BCUT2D eigenvalue weighted by Gasteiger charge is -2.09. The Bertz CT molecular complexity index is 609. The van der Waals surface area contributed by atoms with E-state index in [2.05, 4.69) is 5.92 Å². The fraction of sp³-hybridized carbons (Fsp3) is 0.357. The van der Waals surface area contributed by atoms with Gasteiger partial charge in [-0.1, -0.05) is 13.0 Å². The lowest BCUT2D eigenvalue weighted by Crippen LogP contribution is -2.11. The van der Waals surface area contributed by atoms with Crippen LogP contribution in [0.15, 0.2) is 23.1 Å². The Labute approximate surface area is 113 Å². The SMILES string of the molecule is C#CCCCS(=O)(=O)c1cc(C(=O)O)ccc1CC. The van der Waals surface area contributed by atoms with Crippen molar-refractivity contribution < 1.29 is 18.3 Å². The second-order valence-electron chi connectivity index (χ2n) is 4.11. The van der Waals surface area contributed by atoms with Gasteiger partial charge in [-0.3, -0.25) is 0 Å². The highest BCUT2D eigenvalue weighted by atomic mass is 32.2. The molecule has 0 atom stereocenters. The van der Waals surface area contributed by atoms with Gasteiger partial charge in [0.05, 0.1) is 16.2 Å². The molecule has 102 valence electrons. The van der Waals surface area contributed by atoms with Crippen LogP contribution in [0.3, 0.4) is 0 Å². The van der Waals surface area contributed by atoms with E-state index in [9.17, 15) is 13.2 Å². The summed E-state index contributed by atoms with van der Waals surface area (Å²) in [5, 5.41) is 8.93. The van der Waals surface area contributed by atoms with Gasteiger partial charge in [0.2, 0.25) is 0 Å². The molecule has 0 aliphatic carbocycles. The second-order valence-corrected chi connectivity index (χ2v) is 6.19. The standard InChI is InChI=1S/C14H16O4S/c1-3-5-6-9-19(17,18)13-10-12(14(15)16)8-7-11(13)4-2/h1,7-8,10H,4-6,9H2,2H3,(H,15,16). The van der Waals surface area contributed by atoms with Crippen LogP contribution < -0.4 is 0 Å². The first-order chi connectivity index (χ1) is 8.92. The maximum Gasteiger partial charge on any atom is 0.335 e. The summed E-state index contributed by atoms with van der Waals surface area (Å²) in [6, 6.07) is 4.20. The van der Waals surface area contributed by atoms with Gasteiger partial charge in [0, 0.05) is 6.42 Å². The Kier molecular flexibility index (Phi) is 5.13. The Morgan fingerprint density at radius 2 is 2.11 bits per heavy atom.